The van der Waals surface area contributed by atoms with Crippen LogP contribution in [0.5, 0.6) is 0 Å². The molecule has 0 amide bonds. The van der Waals surface area contributed by atoms with Gasteiger partial charge in [-0.05, 0) is 36.8 Å². The molecule has 1 heterocycles. The van der Waals surface area contributed by atoms with Crippen molar-refractivity contribution in [2.45, 2.75) is 44.8 Å². The molecule has 0 bridgehead atoms. The van der Waals surface area contributed by atoms with Crippen LogP contribution in [-0.4, -0.2) is 14.9 Å². The fourth-order valence-electron chi connectivity index (χ4n) is 2.72. The number of rotatable bonds is 4. The second kappa shape index (κ2) is 5.17. The van der Waals surface area contributed by atoms with Gasteiger partial charge in [0.15, 0.2) is 0 Å². The molecule has 2 aromatic rings. The summed E-state index contributed by atoms with van der Waals surface area (Å²) in [5.41, 5.74) is 3.24. The van der Waals surface area contributed by atoms with Crippen LogP contribution in [0.4, 0.5) is 0 Å². The number of nitrogens with zero attached hydrogens (tertiary/aromatic N) is 2. The first kappa shape index (κ1) is 12.4. The number of aromatic nitrogens is 2. The maximum atomic E-state index is 10.6. The number of hydrogen-bond acceptors (Lipinski definition) is 2. The van der Waals surface area contributed by atoms with Gasteiger partial charge >= 0.3 is 0 Å². The smallest absolute Gasteiger partial charge is 0.107 e. The minimum Gasteiger partial charge on any atom is -0.384 e. The van der Waals surface area contributed by atoms with Crippen LogP contribution in [0, 0.1) is 0 Å². The summed E-state index contributed by atoms with van der Waals surface area (Å²) in [6.07, 6.45) is 6.95. The van der Waals surface area contributed by atoms with Crippen molar-refractivity contribution in [3.63, 3.8) is 0 Å². The molecule has 1 aliphatic carbocycles. The molecule has 0 spiro atoms. The Bertz CT molecular complexity index is 557. The van der Waals surface area contributed by atoms with E-state index in [0.717, 1.165) is 17.7 Å². The molecule has 1 saturated carbocycles. The first-order valence-electron chi connectivity index (χ1n) is 7.09. The van der Waals surface area contributed by atoms with Gasteiger partial charge in [-0.15, -0.1) is 0 Å². The van der Waals surface area contributed by atoms with Crippen molar-refractivity contribution in [3.05, 3.63) is 53.3 Å². The van der Waals surface area contributed by atoms with Gasteiger partial charge < -0.3 is 5.11 Å². The van der Waals surface area contributed by atoms with E-state index in [0.29, 0.717) is 5.92 Å². The molecule has 3 heteroatoms. The molecule has 100 valence electrons. The second-order valence-electron chi connectivity index (χ2n) is 5.29. The van der Waals surface area contributed by atoms with E-state index in [2.05, 4.69) is 17.2 Å². The maximum absolute atomic E-state index is 10.6. The summed E-state index contributed by atoms with van der Waals surface area (Å²) in [5, 5.41) is 14.8. The molecule has 1 aromatic carbocycles. The molecule has 1 aromatic heterocycles. The van der Waals surface area contributed by atoms with E-state index in [-0.39, 0.29) is 0 Å². The van der Waals surface area contributed by atoms with Crippen LogP contribution in [0.1, 0.15) is 54.9 Å². The monoisotopic (exact) mass is 256 g/mol. The van der Waals surface area contributed by atoms with Gasteiger partial charge in [0.2, 0.25) is 0 Å². The largest absolute Gasteiger partial charge is 0.384 e. The van der Waals surface area contributed by atoms with Gasteiger partial charge in [0.25, 0.3) is 0 Å². The molecule has 3 rings (SSSR count). The van der Waals surface area contributed by atoms with E-state index in [4.69, 9.17) is 0 Å². The SMILES string of the molecule is CCn1cc(C(O)c2ccccc2C2CCC2)cn1. The number of hydrogen-bond donors (Lipinski definition) is 1. The first-order chi connectivity index (χ1) is 9.29. The third-order valence-electron chi connectivity index (χ3n) is 4.13. The van der Waals surface area contributed by atoms with Gasteiger partial charge in [-0.3, -0.25) is 4.68 Å². The van der Waals surface area contributed by atoms with E-state index in [1.807, 2.05) is 29.9 Å². The molecule has 0 saturated heterocycles. The topological polar surface area (TPSA) is 38.0 Å². The summed E-state index contributed by atoms with van der Waals surface area (Å²) >= 11 is 0. The predicted octanol–water partition coefficient (Wildman–Crippen LogP) is 3.25. The van der Waals surface area contributed by atoms with E-state index in [1.54, 1.807) is 6.20 Å². The van der Waals surface area contributed by atoms with Crippen LogP contribution in [0.3, 0.4) is 0 Å². The standard InChI is InChI=1S/C16H20N2O/c1-2-18-11-13(10-17-18)16(19)15-9-4-3-8-14(15)12-6-5-7-12/h3-4,8-12,16,19H,2,5-7H2,1H3. The zero-order valence-electron chi connectivity index (χ0n) is 11.3. The number of aliphatic hydroxyl groups excluding tert-OH is 1. The molecule has 1 aliphatic rings. The Morgan fingerprint density at radius 3 is 2.79 bits per heavy atom. The van der Waals surface area contributed by atoms with Crippen molar-refractivity contribution in [2.75, 3.05) is 0 Å². The summed E-state index contributed by atoms with van der Waals surface area (Å²) in [6.45, 7) is 2.88. The summed E-state index contributed by atoms with van der Waals surface area (Å²) in [7, 11) is 0. The Hall–Kier alpha value is -1.61. The Balaban J connectivity index is 1.92. The summed E-state index contributed by atoms with van der Waals surface area (Å²) in [5.74, 6) is 0.632. The fourth-order valence-corrected chi connectivity index (χ4v) is 2.72. The predicted molar refractivity (Wildman–Crippen MR) is 75.0 cm³/mol. The molecule has 1 fully saturated rings. The van der Waals surface area contributed by atoms with Crippen LogP contribution in [0.15, 0.2) is 36.7 Å². The Morgan fingerprint density at radius 1 is 1.37 bits per heavy atom. The Kier molecular flexibility index (Phi) is 3.38. The van der Waals surface area contributed by atoms with Gasteiger partial charge in [-0.2, -0.15) is 5.10 Å². The van der Waals surface area contributed by atoms with Crippen LogP contribution < -0.4 is 0 Å². The molecular weight excluding hydrogens is 236 g/mol. The summed E-state index contributed by atoms with van der Waals surface area (Å²) < 4.78 is 1.85. The van der Waals surface area contributed by atoms with E-state index in [9.17, 15) is 5.11 Å². The van der Waals surface area contributed by atoms with Crippen LogP contribution >= 0.6 is 0 Å². The average molecular weight is 256 g/mol. The van der Waals surface area contributed by atoms with E-state index < -0.39 is 6.10 Å². The quantitative estimate of drug-likeness (QED) is 0.911. The lowest BCUT2D eigenvalue weighted by Gasteiger charge is -2.29. The molecule has 19 heavy (non-hydrogen) atoms. The van der Waals surface area contributed by atoms with Crippen molar-refractivity contribution in [3.8, 4) is 0 Å². The maximum Gasteiger partial charge on any atom is 0.107 e. The molecule has 1 N–H and O–H groups in total. The normalized spacial score (nSPS) is 17.2. The number of benzene rings is 1. The highest BCUT2D eigenvalue weighted by Crippen LogP contribution is 2.40. The van der Waals surface area contributed by atoms with E-state index in [1.165, 1.54) is 24.8 Å². The third kappa shape index (κ3) is 2.30. The minimum absolute atomic E-state index is 0.558. The second-order valence-corrected chi connectivity index (χ2v) is 5.29. The molecule has 3 nitrogen and oxygen atoms in total. The zero-order chi connectivity index (χ0) is 13.2. The highest BCUT2D eigenvalue weighted by Gasteiger charge is 2.25. The molecule has 1 atom stereocenters. The Morgan fingerprint density at radius 2 is 2.16 bits per heavy atom. The molecule has 0 radical (unpaired) electrons. The highest BCUT2D eigenvalue weighted by atomic mass is 16.3. The lowest BCUT2D eigenvalue weighted by molar-refractivity contribution is 0.217. The fraction of sp³-hybridized carbons (Fsp3) is 0.438. The lowest BCUT2D eigenvalue weighted by atomic mass is 9.77. The summed E-state index contributed by atoms with van der Waals surface area (Å²) in [4.78, 5) is 0. The molecular formula is C16H20N2O. The molecule has 1 unspecified atom stereocenters. The van der Waals surface area contributed by atoms with E-state index >= 15 is 0 Å². The zero-order valence-corrected chi connectivity index (χ0v) is 11.3. The summed E-state index contributed by atoms with van der Waals surface area (Å²) in [6, 6.07) is 8.28. The average Bonchev–Trinajstić information content (AvgIpc) is 2.85. The number of aliphatic hydroxyl groups is 1. The van der Waals surface area contributed by atoms with Crippen molar-refractivity contribution < 1.29 is 5.11 Å². The van der Waals surface area contributed by atoms with Gasteiger partial charge in [0, 0.05) is 18.3 Å². The third-order valence-corrected chi connectivity index (χ3v) is 4.13. The Labute approximate surface area is 113 Å². The van der Waals surface area contributed by atoms with Crippen LogP contribution in [0.2, 0.25) is 0 Å². The highest BCUT2D eigenvalue weighted by molar-refractivity contribution is 5.37. The van der Waals surface area contributed by atoms with Crippen molar-refractivity contribution in [2.24, 2.45) is 0 Å². The minimum atomic E-state index is -0.558. The van der Waals surface area contributed by atoms with Crippen molar-refractivity contribution in [1.29, 1.82) is 0 Å². The van der Waals surface area contributed by atoms with Crippen molar-refractivity contribution >= 4 is 0 Å². The van der Waals surface area contributed by atoms with Gasteiger partial charge in [0.1, 0.15) is 6.10 Å². The van der Waals surface area contributed by atoms with Crippen LogP contribution in [-0.2, 0) is 6.54 Å². The lowest BCUT2D eigenvalue weighted by Crippen LogP contribution is -2.13. The first-order valence-corrected chi connectivity index (χ1v) is 7.09. The van der Waals surface area contributed by atoms with Gasteiger partial charge in [-0.1, -0.05) is 30.7 Å². The number of aryl methyl sites for hydroxylation is 1. The molecule has 0 aliphatic heterocycles. The van der Waals surface area contributed by atoms with Crippen molar-refractivity contribution in [1.82, 2.24) is 9.78 Å². The van der Waals surface area contributed by atoms with Gasteiger partial charge in [0.05, 0.1) is 6.20 Å². The van der Waals surface area contributed by atoms with Gasteiger partial charge in [-0.25, -0.2) is 0 Å². The van der Waals surface area contributed by atoms with Crippen LogP contribution in [0.25, 0.3) is 0 Å².